The Morgan fingerprint density at radius 3 is 2.05 bits per heavy atom. The van der Waals surface area contributed by atoms with Gasteiger partial charge in [-0.1, -0.05) is 72.8 Å². The van der Waals surface area contributed by atoms with Crippen LogP contribution in [0.15, 0.2) is 109 Å². The molecule has 0 spiro atoms. The molecule has 4 aromatic rings. The third kappa shape index (κ3) is 6.56. The van der Waals surface area contributed by atoms with E-state index in [1.807, 2.05) is 84.9 Å². The Labute approximate surface area is 233 Å². The zero-order valence-electron chi connectivity index (χ0n) is 22.0. The summed E-state index contributed by atoms with van der Waals surface area (Å²) in [5.74, 6) is 0.850. The summed E-state index contributed by atoms with van der Waals surface area (Å²) in [6, 6.07) is 33.1. The number of ether oxygens (including phenoxy) is 2. The highest BCUT2D eigenvalue weighted by molar-refractivity contribution is 6.21. The van der Waals surface area contributed by atoms with E-state index in [9.17, 15) is 14.4 Å². The minimum atomic E-state index is -0.524. The number of nitrogens with zero attached hydrogens (tertiary/aromatic N) is 1. The summed E-state index contributed by atoms with van der Waals surface area (Å²) in [5, 5.41) is 2.99. The molecule has 5 rings (SSSR count). The van der Waals surface area contributed by atoms with Crippen molar-refractivity contribution in [3.63, 3.8) is 0 Å². The summed E-state index contributed by atoms with van der Waals surface area (Å²) in [6.07, 6.45) is 1.32. The summed E-state index contributed by atoms with van der Waals surface area (Å²) < 4.78 is 11.5. The monoisotopic (exact) mass is 534 g/mol. The SMILES string of the molecule is O=C(N[C@@H](CCCCN1C(=O)c2ccccc2C1=O)c1cccc(Oc2ccccc2)c1)OCc1ccccc1. The summed E-state index contributed by atoms with van der Waals surface area (Å²) in [5.41, 5.74) is 2.66. The summed E-state index contributed by atoms with van der Waals surface area (Å²) in [6.45, 7) is 0.477. The van der Waals surface area contributed by atoms with E-state index in [4.69, 9.17) is 9.47 Å². The molecule has 1 aliphatic heterocycles. The number of hydrogen-bond donors (Lipinski definition) is 1. The van der Waals surface area contributed by atoms with Gasteiger partial charge in [0, 0.05) is 6.54 Å². The number of carbonyl (C=O) groups is 3. The minimum Gasteiger partial charge on any atom is -0.457 e. The molecule has 0 unspecified atom stereocenters. The highest BCUT2D eigenvalue weighted by atomic mass is 16.5. The first kappa shape index (κ1) is 26.7. The first-order chi connectivity index (χ1) is 19.6. The average Bonchev–Trinajstić information content (AvgIpc) is 3.23. The van der Waals surface area contributed by atoms with Crippen LogP contribution >= 0.6 is 0 Å². The molecule has 0 aliphatic carbocycles. The van der Waals surface area contributed by atoms with E-state index in [1.54, 1.807) is 24.3 Å². The number of imide groups is 1. The summed E-state index contributed by atoms with van der Waals surface area (Å²) in [4.78, 5) is 39.5. The van der Waals surface area contributed by atoms with Crippen LogP contribution in [0.25, 0.3) is 0 Å². The molecule has 1 atom stereocenters. The van der Waals surface area contributed by atoms with Gasteiger partial charge >= 0.3 is 6.09 Å². The quantitative estimate of drug-likeness (QED) is 0.167. The second-order valence-corrected chi connectivity index (χ2v) is 9.55. The molecule has 7 heteroatoms. The van der Waals surface area contributed by atoms with Crippen LogP contribution in [0.3, 0.4) is 0 Å². The first-order valence-corrected chi connectivity index (χ1v) is 13.3. The van der Waals surface area contributed by atoms with Gasteiger partial charge < -0.3 is 14.8 Å². The molecule has 0 bridgehead atoms. The number of fused-ring (bicyclic) bond motifs is 1. The second-order valence-electron chi connectivity index (χ2n) is 9.55. The fourth-order valence-electron chi connectivity index (χ4n) is 4.71. The number of alkyl carbamates (subject to hydrolysis) is 1. The van der Waals surface area contributed by atoms with Gasteiger partial charge in [0.1, 0.15) is 18.1 Å². The van der Waals surface area contributed by atoms with Crippen molar-refractivity contribution in [2.75, 3.05) is 6.54 Å². The molecule has 202 valence electrons. The first-order valence-electron chi connectivity index (χ1n) is 13.3. The van der Waals surface area contributed by atoms with Gasteiger partial charge in [-0.2, -0.15) is 0 Å². The van der Waals surface area contributed by atoms with Crippen molar-refractivity contribution >= 4 is 17.9 Å². The van der Waals surface area contributed by atoms with Crippen molar-refractivity contribution in [3.8, 4) is 11.5 Å². The highest BCUT2D eigenvalue weighted by Crippen LogP contribution is 2.28. The van der Waals surface area contributed by atoms with Crippen LogP contribution in [-0.2, 0) is 11.3 Å². The lowest BCUT2D eigenvalue weighted by Crippen LogP contribution is -2.31. The Bertz CT molecular complexity index is 1440. The maximum absolute atomic E-state index is 12.8. The lowest BCUT2D eigenvalue weighted by atomic mass is 10.0. The summed E-state index contributed by atoms with van der Waals surface area (Å²) in [7, 11) is 0. The smallest absolute Gasteiger partial charge is 0.407 e. The molecule has 0 fully saturated rings. The van der Waals surface area contributed by atoms with Gasteiger partial charge in [0.25, 0.3) is 11.8 Å². The van der Waals surface area contributed by atoms with E-state index in [0.29, 0.717) is 48.4 Å². The predicted octanol–water partition coefficient (Wildman–Crippen LogP) is 6.91. The van der Waals surface area contributed by atoms with Crippen LogP contribution in [0.1, 0.15) is 57.1 Å². The molecule has 3 amide bonds. The Morgan fingerprint density at radius 2 is 1.35 bits per heavy atom. The Kier molecular flexibility index (Phi) is 8.51. The van der Waals surface area contributed by atoms with E-state index >= 15 is 0 Å². The van der Waals surface area contributed by atoms with Crippen LogP contribution in [0.4, 0.5) is 4.79 Å². The van der Waals surface area contributed by atoms with Crippen LogP contribution in [0.5, 0.6) is 11.5 Å². The van der Waals surface area contributed by atoms with Gasteiger partial charge in [-0.3, -0.25) is 14.5 Å². The number of carbonyl (C=O) groups excluding carboxylic acids is 3. The number of amides is 3. The third-order valence-electron chi connectivity index (χ3n) is 6.75. The molecule has 1 heterocycles. The van der Waals surface area contributed by atoms with E-state index in [1.165, 1.54) is 4.90 Å². The zero-order chi connectivity index (χ0) is 27.7. The molecule has 7 nitrogen and oxygen atoms in total. The topological polar surface area (TPSA) is 84.9 Å². The van der Waals surface area contributed by atoms with Crippen molar-refractivity contribution in [3.05, 3.63) is 131 Å². The summed E-state index contributed by atoms with van der Waals surface area (Å²) >= 11 is 0. The Hall–Kier alpha value is -4.91. The van der Waals surface area contributed by atoms with Gasteiger partial charge in [-0.15, -0.1) is 0 Å². The van der Waals surface area contributed by atoms with E-state index < -0.39 is 6.09 Å². The van der Waals surface area contributed by atoms with Crippen molar-refractivity contribution in [2.45, 2.75) is 31.9 Å². The largest absolute Gasteiger partial charge is 0.457 e. The Morgan fingerprint density at radius 1 is 0.725 bits per heavy atom. The second kappa shape index (κ2) is 12.8. The third-order valence-corrected chi connectivity index (χ3v) is 6.75. The van der Waals surface area contributed by atoms with Gasteiger partial charge in [-0.25, -0.2) is 4.79 Å². The standard InChI is InChI=1S/C33H30N2O5/c36-31-28-18-7-8-19-29(28)32(37)35(31)21-10-9-20-30(34-33(38)39-23-24-12-3-1-4-13-24)25-14-11-17-27(22-25)40-26-15-5-2-6-16-26/h1-8,11-19,22,30H,9-10,20-21,23H2,(H,34,38)/t30-/m0/s1. The molecule has 0 radical (unpaired) electrons. The minimum absolute atomic E-state index is 0.163. The molecular formula is C33H30N2O5. The predicted molar refractivity (Wildman–Crippen MR) is 151 cm³/mol. The number of benzene rings is 4. The van der Waals surface area contributed by atoms with E-state index in [-0.39, 0.29) is 24.5 Å². The van der Waals surface area contributed by atoms with Gasteiger partial charge in [0.05, 0.1) is 17.2 Å². The average molecular weight is 535 g/mol. The number of nitrogens with one attached hydrogen (secondary N) is 1. The van der Waals surface area contributed by atoms with E-state index in [0.717, 1.165) is 11.1 Å². The molecule has 0 saturated heterocycles. The zero-order valence-corrected chi connectivity index (χ0v) is 22.0. The number of hydrogen-bond acceptors (Lipinski definition) is 5. The van der Waals surface area contributed by atoms with Crippen molar-refractivity contribution in [1.82, 2.24) is 10.2 Å². The number of para-hydroxylation sites is 1. The molecule has 0 saturated carbocycles. The normalized spacial score (nSPS) is 13.1. The maximum Gasteiger partial charge on any atom is 0.407 e. The fourth-order valence-corrected chi connectivity index (χ4v) is 4.71. The van der Waals surface area contributed by atoms with Crippen LogP contribution in [-0.4, -0.2) is 29.4 Å². The Balaban J connectivity index is 1.23. The molecule has 40 heavy (non-hydrogen) atoms. The maximum atomic E-state index is 12.8. The van der Waals surface area contributed by atoms with Crippen LogP contribution in [0, 0.1) is 0 Å². The lowest BCUT2D eigenvalue weighted by molar-refractivity contribution is 0.0651. The van der Waals surface area contributed by atoms with Crippen molar-refractivity contribution < 1.29 is 23.9 Å². The number of rotatable bonds is 11. The molecular weight excluding hydrogens is 504 g/mol. The van der Waals surface area contributed by atoms with Crippen molar-refractivity contribution in [2.24, 2.45) is 0 Å². The lowest BCUT2D eigenvalue weighted by Gasteiger charge is -2.21. The van der Waals surface area contributed by atoms with Crippen molar-refractivity contribution in [1.29, 1.82) is 0 Å². The van der Waals surface area contributed by atoms with Crippen LogP contribution < -0.4 is 10.1 Å². The van der Waals surface area contributed by atoms with Gasteiger partial charge in [-0.05, 0) is 66.8 Å². The molecule has 1 aliphatic rings. The van der Waals surface area contributed by atoms with Gasteiger partial charge in [0.2, 0.25) is 0 Å². The molecule has 0 aromatic heterocycles. The van der Waals surface area contributed by atoms with Gasteiger partial charge in [0.15, 0.2) is 0 Å². The fraction of sp³-hybridized carbons (Fsp3) is 0.182. The number of unbranched alkanes of at least 4 members (excludes halogenated alkanes) is 1. The highest BCUT2D eigenvalue weighted by Gasteiger charge is 2.34. The molecule has 4 aromatic carbocycles. The molecule has 1 N–H and O–H groups in total. The van der Waals surface area contributed by atoms with Crippen LogP contribution in [0.2, 0.25) is 0 Å². The van der Waals surface area contributed by atoms with E-state index in [2.05, 4.69) is 5.32 Å².